The van der Waals surface area contributed by atoms with Gasteiger partial charge in [-0.15, -0.1) is 0 Å². The van der Waals surface area contributed by atoms with Crippen molar-refractivity contribution in [3.05, 3.63) is 108 Å². The van der Waals surface area contributed by atoms with E-state index in [4.69, 9.17) is 14.2 Å². The molecule has 0 saturated carbocycles. The van der Waals surface area contributed by atoms with Gasteiger partial charge in [0.05, 0.1) is 0 Å². The summed E-state index contributed by atoms with van der Waals surface area (Å²) in [7, 11) is 0. The van der Waals surface area contributed by atoms with Gasteiger partial charge in [0, 0.05) is 29.9 Å². The van der Waals surface area contributed by atoms with E-state index in [1.165, 1.54) is 0 Å². The fourth-order valence-electron chi connectivity index (χ4n) is 4.60. The molecule has 0 unspecified atom stereocenters. The van der Waals surface area contributed by atoms with Crippen LogP contribution in [-0.4, -0.2) is 46.6 Å². The highest BCUT2D eigenvalue weighted by atomic mass is 16.6. The van der Waals surface area contributed by atoms with Crippen molar-refractivity contribution in [2.45, 2.75) is 70.9 Å². The van der Waals surface area contributed by atoms with Crippen LogP contribution < -0.4 is 10.6 Å². The van der Waals surface area contributed by atoms with E-state index in [0.29, 0.717) is 0 Å². The molecule has 1 heterocycles. The Morgan fingerprint density at radius 2 is 1.36 bits per heavy atom. The lowest BCUT2D eigenvalue weighted by Gasteiger charge is -2.25. The molecule has 3 aromatic carbocycles. The first-order valence-corrected chi connectivity index (χ1v) is 14.8. The number of rotatable bonds is 13. The topological polar surface area (TPSA) is 136 Å². The summed E-state index contributed by atoms with van der Waals surface area (Å²) in [5.41, 5.74) is 2.46. The van der Waals surface area contributed by atoms with E-state index in [9.17, 15) is 19.2 Å². The molecule has 45 heavy (non-hydrogen) atoms. The third-order valence-electron chi connectivity index (χ3n) is 6.81. The van der Waals surface area contributed by atoms with Gasteiger partial charge in [-0.3, -0.25) is 9.59 Å². The molecule has 0 aliphatic carbocycles. The van der Waals surface area contributed by atoms with Gasteiger partial charge in [-0.2, -0.15) is 0 Å². The number of benzene rings is 3. The van der Waals surface area contributed by atoms with Crippen LogP contribution in [-0.2, 0) is 48.2 Å². The number of para-hydroxylation sites is 1. The number of carbonyl (C=O) groups excluding carboxylic acids is 4. The van der Waals surface area contributed by atoms with Gasteiger partial charge in [-0.1, -0.05) is 78.9 Å². The molecule has 3 N–H and O–H groups in total. The Kier molecular flexibility index (Phi) is 11.3. The Hall–Kier alpha value is -5.12. The number of hydrogen-bond donors (Lipinski definition) is 3. The van der Waals surface area contributed by atoms with Crippen LogP contribution in [0.4, 0.5) is 4.79 Å². The van der Waals surface area contributed by atoms with Crippen molar-refractivity contribution in [2.24, 2.45) is 0 Å². The summed E-state index contributed by atoms with van der Waals surface area (Å²) in [5.74, 6) is -1.88. The molecule has 1 aromatic heterocycles. The SMILES string of the molecule is CC(C)(C)OC(=O)N[C@@H](Cc1c[nH]c2ccccc12)C(=O)N[C@H](CCC(=O)OCc1ccccc1)C(=O)OCc1ccccc1. The largest absolute Gasteiger partial charge is 0.461 e. The highest BCUT2D eigenvalue weighted by molar-refractivity contribution is 5.91. The second kappa shape index (κ2) is 15.6. The van der Waals surface area contributed by atoms with Crippen molar-refractivity contribution < 1.29 is 33.4 Å². The van der Waals surface area contributed by atoms with Crippen LogP contribution in [0.1, 0.15) is 50.3 Å². The van der Waals surface area contributed by atoms with E-state index in [0.717, 1.165) is 27.6 Å². The molecular formula is C35H39N3O7. The highest BCUT2D eigenvalue weighted by Gasteiger charge is 2.30. The average molecular weight is 614 g/mol. The fourth-order valence-corrected chi connectivity index (χ4v) is 4.60. The molecule has 0 aliphatic heterocycles. The maximum absolute atomic E-state index is 13.7. The van der Waals surface area contributed by atoms with E-state index >= 15 is 0 Å². The average Bonchev–Trinajstić information content (AvgIpc) is 3.43. The van der Waals surface area contributed by atoms with Crippen molar-refractivity contribution in [1.82, 2.24) is 15.6 Å². The predicted octanol–water partition coefficient (Wildman–Crippen LogP) is 5.36. The molecule has 0 saturated heterocycles. The van der Waals surface area contributed by atoms with Gasteiger partial charge >= 0.3 is 18.0 Å². The number of nitrogens with one attached hydrogen (secondary N) is 3. The van der Waals surface area contributed by atoms with Crippen molar-refractivity contribution in [2.75, 3.05) is 0 Å². The Bertz CT molecular complexity index is 1580. The lowest BCUT2D eigenvalue weighted by atomic mass is 10.0. The van der Waals surface area contributed by atoms with Crippen LogP contribution in [0, 0.1) is 0 Å². The van der Waals surface area contributed by atoms with Gasteiger partial charge in [0.15, 0.2) is 0 Å². The highest BCUT2D eigenvalue weighted by Crippen LogP contribution is 2.20. The zero-order valence-electron chi connectivity index (χ0n) is 25.7. The zero-order chi connectivity index (χ0) is 32.2. The van der Waals surface area contributed by atoms with Gasteiger partial charge in [-0.25, -0.2) is 9.59 Å². The number of aromatic nitrogens is 1. The molecule has 0 aliphatic rings. The summed E-state index contributed by atoms with van der Waals surface area (Å²) >= 11 is 0. The second-order valence-corrected chi connectivity index (χ2v) is 11.6. The van der Waals surface area contributed by atoms with Crippen LogP contribution in [0.2, 0.25) is 0 Å². The van der Waals surface area contributed by atoms with Crippen LogP contribution in [0.25, 0.3) is 10.9 Å². The minimum Gasteiger partial charge on any atom is -0.461 e. The fraction of sp³-hybridized carbons (Fsp3) is 0.314. The number of aromatic amines is 1. The van der Waals surface area contributed by atoms with E-state index in [1.807, 2.05) is 84.9 Å². The summed E-state index contributed by atoms with van der Waals surface area (Å²) in [6.07, 6.45) is 0.885. The number of ether oxygens (including phenoxy) is 3. The molecule has 2 amide bonds. The predicted molar refractivity (Wildman–Crippen MR) is 169 cm³/mol. The number of hydrogen-bond acceptors (Lipinski definition) is 7. The van der Waals surface area contributed by atoms with Gasteiger partial charge < -0.3 is 29.8 Å². The molecule has 0 radical (unpaired) electrons. The minimum absolute atomic E-state index is 0.0145. The molecular weight excluding hydrogens is 574 g/mol. The number of fused-ring (bicyclic) bond motifs is 1. The maximum atomic E-state index is 13.7. The second-order valence-electron chi connectivity index (χ2n) is 11.6. The van der Waals surface area contributed by atoms with E-state index in [2.05, 4.69) is 15.6 Å². The normalized spacial score (nSPS) is 12.5. The van der Waals surface area contributed by atoms with Crippen molar-refractivity contribution in [3.8, 4) is 0 Å². The number of carbonyl (C=O) groups is 4. The summed E-state index contributed by atoms with van der Waals surface area (Å²) in [4.78, 5) is 55.5. The lowest BCUT2D eigenvalue weighted by Crippen LogP contribution is -2.53. The first kappa shape index (κ1) is 32.8. The molecule has 236 valence electrons. The maximum Gasteiger partial charge on any atom is 0.408 e. The van der Waals surface area contributed by atoms with Gasteiger partial charge in [0.1, 0.15) is 30.9 Å². The molecule has 0 spiro atoms. The van der Waals surface area contributed by atoms with Gasteiger partial charge in [0.25, 0.3) is 0 Å². The monoisotopic (exact) mass is 613 g/mol. The molecule has 0 bridgehead atoms. The van der Waals surface area contributed by atoms with Crippen molar-refractivity contribution >= 4 is 34.8 Å². The van der Waals surface area contributed by atoms with Gasteiger partial charge in [0.2, 0.25) is 5.91 Å². The van der Waals surface area contributed by atoms with Crippen LogP contribution in [0.5, 0.6) is 0 Å². The van der Waals surface area contributed by atoms with E-state index in [-0.39, 0.29) is 32.5 Å². The van der Waals surface area contributed by atoms with Crippen molar-refractivity contribution in [3.63, 3.8) is 0 Å². The number of amides is 2. The van der Waals surface area contributed by atoms with E-state index < -0.39 is 41.6 Å². The van der Waals surface area contributed by atoms with Crippen LogP contribution >= 0.6 is 0 Å². The quantitative estimate of drug-likeness (QED) is 0.137. The summed E-state index contributed by atoms with van der Waals surface area (Å²) < 4.78 is 16.3. The zero-order valence-corrected chi connectivity index (χ0v) is 25.7. The molecule has 10 heteroatoms. The number of H-pyrrole nitrogens is 1. The van der Waals surface area contributed by atoms with E-state index in [1.54, 1.807) is 27.0 Å². The standard InChI is InChI=1S/C35H39N3O7/c1-35(2,3)45-34(42)38-30(20-26-21-36-28-17-11-10-16-27(26)28)32(40)37-29(33(41)44-23-25-14-8-5-9-15-25)18-19-31(39)43-22-24-12-6-4-7-13-24/h4-17,21,29-30,36H,18-20,22-23H2,1-3H3,(H,37,40)(H,38,42)/t29-,30+/m1/s1. The third kappa shape index (κ3) is 10.5. The Balaban J connectivity index is 1.49. The minimum atomic E-state index is -1.18. The Morgan fingerprint density at radius 1 is 0.756 bits per heavy atom. The Labute approximate surface area is 262 Å². The molecule has 4 rings (SSSR count). The molecule has 2 atom stereocenters. The summed E-state index contributed by atoms with van der Waals surface area (Å²) in [6, 6.07) is 23.6. The molecule has 10 nitrogen and oxygen atoms in total. The van der Waals surface area contributed by atoms with Crippen molar-refractivity contribution in [1.29, 1.82) is 0 Å². The summed E-state index contributed by atoms with van der Waals surface area (Å²) in [5, 5.41) is 6.25. The third-order valence-corrected chi connectivity index (χ3v) is 6.81. The Morgan fingerprint density at radius 3 is 2.00 bits per heavy atom. The van der Waals surface area contributed by atoms with Crippen LogP contribution in [0.3, 0.4) is 0 Å². The number of alkyl carbamates (subject to hydrolysis) is 1. The first-order chi connectivity index (χ1) is 21.6. The number of esters is 2. The molecule has 4 aromatic rings. The first-order valence-electron chi connectivity index (χ1n) is 14.8. The smallest absolute Gasteiger partial charge is 0.408 e. The van der Waals surface area contributed by atoms with Gasteiger partial charge in [-0.05, 0) is 49.9 Å². The lowest BCUT2D eigenvalue weighted by molar-refractivity contribution is -0.150. The van der Waals surface area contributed by atoms with Crippen LogP contribution in [0.15, 0.2) is 91.1 Å². The summed E-state index contributed by atoms with van der Waals surface area (Å²) in [6.45, 7) is 5.23. The molecule has 0 fully saturated rings.